The van der Waals surface area contributed by atoms with Crippen LogP contribution >= 0.6 is 0 Å². The molecule has 0 fully saturated rings. The second-order valence-corrected chi connectivity index (χ2v) is 22.2. The van der Waals surface area contributed by atoms with Gasteiger partial charge in [-0.25, -0.2) is 0 Å². The fourth-order valence-electron chi connectivity index (χ4n) is 8.18. The first-order valence-electron chi connectivity index (χ1n) is 22.0. The number of fused-ring (bicyclic) bond motifs is 7. The molecule has 0 atom stereocenters. The van der Waals surface area contributed by atoms with Gasteiger partial charge in [0.25, 0.3) is 0 Å². The molecule has 6 heteroatoms. The molecule has 0 bridgehead atoms. The van der Waals surface area contributed by atoms with E-state index in [1.165, 1.54) is 49.6 Å². The van der Waals surface area contributed by atoms with E-state index in [4.69, 9.17) is 13.5 Å². The van der Waals surface area contributed by atoms with Crippen molar-refractivity contribution in [2.45, 2.75) is 66.0 Å². The standard InChI is InChI=1S/C39H31N2O.C15H18NSi.Ir/c1-23(2)27-13-9-14-28(24(3)4)37(27)41-35-18-8-7-17-34(35)40-39(41)31-16-10-15-30-33-21-26-20-19-25-11-5-6-12-29(25)32(26)22-36(33)42-38(30)31;1-12-5-7-13(8-6-12)15-10-9-14(11-16-15)17(2,3)4;/h5-15,17-24H,1-4H3;5-7,9-11H,1-4H3;/q2*-1;/i;1D3;. The number of furan rings is 1. The van der Waals surface area contributed by atoms with Crippen molar-refractivity contribution in [1.29, 1.82) is 0 Å². The molecule has 0 saturated heterocycles. The van der Waals surface area contributed by atoms with Crippen LogP contribution in [0.25, 0.3) is 82.8 Å². The number of aryl methyl sites for hydroxylation is 1. The monoisotopic (exact) mass is 979 g/mol. The van der Waals surface area contributed by atoms with Crippen molar-refractivity contribution in [3.8, 4) is 28.3 Å². The van der Waals surface area contributed by atoms with E-state index in [0.717, 1.165) is 55.6 Å². The molecule has 0 unspecified atom stereocenters. The van der Waals surface area contributed by atoms with Gasteiger partial charge in [-0.2, -0.15) is 0 Å². The number of rotatable bonds is 6. The number of pyridine rings is 1. The third-order valence-electron chi connectivity index (χ3n) is 11.4. The smallest absolute Gasteiger partial charge is 0.121 e. The molecule has 60 heavy (non-hydrogen) atoms. The van der Waals surface area contributed by atoms with Gasteiger partial charge in [0.1, 0.15) is 5.58 Å². The summed E-state index contributed by atoms with van der Waals surface area (Å²) in [4.78, 5) is 9.72. The van der Waals surface area contributed by atoms with Gasteiger partial charge >= 0.3 is 0 Å². The summed E-state index contributed by atoms with van der Waals surface area (Å²) >= 11 is 0. The Morgan fingerprint density at radius 3 is 2.15 bits per heavy atom. The molecule has 3 aromatic heterocycles. The predicted molar refractivity (Wildman–Crippen MR) is 252 cm³/mol. The Labute approximate surface area is 371 Å². The topological polar surface area (TPSA) is 43.9 Å². The van der Waals surface area contributed by atoms with Crippen LogP contribution in [-0.2, 0) is 20.1 Å². The quantitative estimate of drug-likeness (QED) is 0.0947. The molecule has 3 heterocycles. The zero-order chi connectivity index (χ0) is 43.5. The Balaban J connectivity index is 0.000000219. The van der Waals surface area contributed by atoms with Gasteiger partial charge in [0, 0.05) is 41.5 Å². The van der Waals surface area contributed by atoms with Crippen LogP contribution in [0.5, 0.6) is 0 Å². The summed E-state index contributed by atoms with van der Waals surface area (Å²) in [6.45, 7) is 13.8. The number of nitrogens with zero attached hydrogens (tertiary/aromatic N) is 3. The Bertz CT molecular complexity index is 3190. The predicted octanol–water partition coefficient (Wildman–Crippen LogP) is 14.3. The Morgan fingerprint density at radius 2 is 1.45 bits per heavy atom. The van der Waals surface area contributed by atoms with Crippen molar-refractivity contribution in [3.05, 3.63) is 168 Å². The second kappa shape index (κ2) is 16.4. The fraction of sp³-hybridized carbons (Fsp3) is 0.185. The molecule has 1 radical (unpaired) electrons. The maximum Gasteiger partial charge on any atom is 0.121 e. The molecule has 7 aromatic carbocycles. The fourth-order valence-corrected chi connectivity index (χ4v) is 9.21. The van der Waals surface area contributed by atoms with E-state index >= 15 is 0 Å². The summed E-state index contributed by atoms with van der Waals surface area (Å²) in [5.41, 5.74) is 10.4. The van der Waals surface area contributed by atoms with Crippen molar-refractivity contribution in [1.82, 2.24) is 14.5 Å². The van der Waals surface area contributed by atoms with Crippen molar-refractivity contribution in [2.24, 2.45) is 0 Å². The molecular formula is C54H49IrN3OSi-2. The van der Waals surface area contributed by atoms with Crippen molar-refractivity contribution in [2.75, 3.05) is 0 Å². The SMILES string of the molecule is CC(C)c1cccc(C(C)C)c1-n1c(-c2[c-]ccc3c2oc2cc4c(ccc5ccccc54)cc23)nc2ccccc21.[2H]C([2H])([2H])c1c[c-]c(-c2ccc([Si](C)(C)C)cn2)cc1.[Ir]. The minimum Gasteiger partial charge on any atom is -0.501 e. The summed E-state index contributed by atoms with van der Waals surface area (Å²) in [7, 11) is -1.34. The first-order valence-corrected chi connectivity index (χ1v) is 24.0. The second-order valence-electron chi connectivity index (χ2n) is 17.1. The van der Waals surface area contributed by atoms with Gasteiger partial charge in [0.2, 0.25) is 0 Å². The molecule has 0 aliphatic rings. The van der Waals surface area contributed by atoms with E-state index in [1.54, 1.807) is 12.1 Å². The number of para-hydroxylation sites is 3. The van der Waals surface area contributed by atoms with Gasteiger partial charge < -0.3 is 14.0 Å². The number of aromatic nitrogens is 3. The Kier molecular flexibility index (Phi) is 10.2. The van der Waals surface area contributed by atoms with Gasteiger partial charge in [-0.15, -0.1) is 53.6 Å². The minimum atomic E-state index is -2.08. The minimum absolute atomic E-state index is 0. The normalized spacial score (nSPS) is 12.8. The van der Waals surface area contributed by atoms with Crippen molar-refractivity contribution < 1.29 is 28.6 Å². The molecule has 0 amide bonds. The molecule has 0 saturated carbocycles. The van der Waals surface area contributed by atoms with Crippen LogP contribution in [0.4, 0.5) is 0 Å². The third-order valence-corrected chi connectivity index (χ3v) is 13.4. The summed E-state index contributed by atoms with van der Waals surface area (Å²) in [5.74, 6) is 1.55. The zero-order valence-corrected chi connectivity index (χ0v) is 38.4. The van der Waals surface area contributed by atoms with Gasteiger partial charge in [-0.05, 0) is 79.7 Å². The zero-order valence-electron chi connectivity index (χ0n) is 38.0. The summed E-state index contributed by atoms with van der Waals surface area (Å²) < 4.78 is 31.1. The number of imidazole rings is 1. The average molecular weight is 979 g/mol. The van der Waals surface area contributed by atoms with Gasteiger partial charge in [-0.1, -0.05) is 144 Å². The maximum atomic E-state index is 7.35. The van der Waals surface area contributed by atoms with E-state index in [1.807, 2.05) is 18.3 Å². The maximum absolute atomic E-state index is 7.35. The van der Waals surface area contributed by atoms with Crippen LogP contribution < -0.4 is 5.19 Å². The van der Waals surface area contributed by atoms with E-state index in [0.29, 0.717) is 17.4 Å². The van der Waals surface area contributed by atoms with Crippen LogP contribution in [0.15, 0.2) is 144 Å². The number of hydrogen-bond acceptors (Lipinski definition) is 3. The van der Waals surface area contributed by atoms with Crippen LogP contribution in [0, 0.1) is 19.0 Å². The Morgan fingerprint density at radius 1 is 0.700 bits per heavy atom. The third kappa shape index (κ3) is 7.53. The van der Waals surface area contributed by atoms with Crippen LogP contribution in [0.3, 0.4) is 0 Å². The van der Waals surface area contributed by atoms with E-state index < -0.39 is 14.9 Å². The molecule has 10 rings (SSSR count). The summed E-state index contributed by atoms with van der Waals surface area (Å²) in [5, 5.41) is 8.36. The molecule has 10 aromatic rings. The van der Waals surface area contributed by atoms with E-state index in [2.05, 4.69) is 172 Å². The number of benzene rings is 7. The van der Waals surface area contributed by atoms with Crippen LogP contribution in [0.2, 0.25) is 19.6 Å². The molecule has 0 aliphatic carbocycles. The largest absolute Gasteiger partial charge is 0.501 e. The average Bonchev–Trinajstić information content (AvgIpc) is 3.83. The van der Waals surface area contributed by atoms with Gasteiger partial charge in [0.15, 0.2) is 0 Å². The molecule has 0 N–H and O–H groups in total. The van der Waals surface area contributed by atoms with Crippen LogP contribution in [-0.4, -0.2) is 22.6 Å². The molecule has 0 aliphatic heterocycles. The van der Waals surface area contributed by atoms with E-state index in [-0.39, 0.29) is 20.1 Å². The van der Waals surface area contributed by atoms with Crippen molar-refractivity contribution >= 4 is 67.8 Å². The summed E-state index contributed by atoms with van der Waals surface area (Å²) in [6, 6.07) is 52.2. The molecule has 301 valence electrons. The van der Waals surface area contributed by atoms with E-state index in [9.17, 15) is 0 Å². The molecule has 0 spiro atoms. The summed E-state index contributed by atoms with van der Waals surface area (Å²) in [6.07, 6.45) is 1.92. The van der Waals surface area contributed by atoms with Gasteiger partial charge in [-0.3, -0.25) is 4.98 Å². The van der Waals surface area contributed by atoms with Gasteiger partial charge in [0.05, 0.1) is 30.5 Å². The Hall–Kier alpha value is -5.65. The molecular weight excluding hydrogens is 927 g/mol. The number of hydrogen-bond donors (Lipinski definition) is 0. The first kappa shape index (κ1) is 37.4. The molecule has 4 nitrogen and oxygen atoms in total. The van der Waals surface area contributed by atoms with Crippen molar-refractivity contribution in [3.63, 3.8) is 0 Å². The van der Waals surface area contributed by atoms with Crippen LogP contribution in [0.1, 0.15) is 60.3 Å². The first-order chi connectivity index (χ1) is 29.7.